The molecule has 4 amide bonds. The van der Waals surface area contributed by atoms with E-state index >= 15 is 0 Å². The van der Waals surface area contributed by atoms with E-state index in [4.69, 9.17) is 9.47 Å². The fourth-order valence-electron chi connectivity index (χ4n) is 6.67. The molecule has 0 bridgehead atoms. The van der Waals surface area contributed by atoms with Crippen LogP contribution in [0.25, 0.3) is 11.0 Å². The van der Waals surface area contributed by atoms with Crippen LogP contribution in [0.1, 0.15) is 84.3 Å². The molecule has 1 aromatic heterocycles. The van der Waals surface area contributed by atoms with Gasteiger partial charge in [-0.2, -0.15) is 0 Å². The minimum atomic E-state index is -3.90. The summed E-state index contributed by atoms with van der Waals surface area (Å²) in [6.45, 7) is 6.72. The van der Waals surface area contributed by atoms with Crippen LogP contribution >= 0.6 is 0 Å². The summed E-state index contributed by atoms with van der Waals surface area (Å²) in [6, 6.07) is 1.82. The number of benzene rings is 1. The van der Waals surface area contributed by atoms with E-state index in [0.29, 0.717) is 36.9 Å². The number of alkyl carbamates (subject to hydrolysis) is 1. The minimum Gasteiger partial charge on any atom is -0.471 e. The minimum absolute atomic E-state index is 0.0163. The third-order valence-corrected chi connectivity index (χ3v) is 11.4. The summed E-state index contributed by atoms with van der Waals surface area (Å²) in [5.74, 6) is -2.87. The first-order chi connectivity index (χ1) is 24.0. The molecule has 0 unspecified atom stereocenters. The summed E-state index contributed by atoms with van der Waals surface area (Å²) in [5, 5.41) is 4.89. The normalized spacial score (nSPS) is 27.4. The molecule has 0 spiro atoms. The number of sulfonamides is 1. The van der Waals surface area contributed by atoms with E-state index in [1.807, 2.05) is 12.2 Å². The van der Waals surface area contributed by atoms with Crippen molar-refractivity contribution in [2.24, 2.45) is 5.92 Å². The van der Waals surface area contributed by atoms with Crippen molar-refractivity contribution >= 4 is 44.9 Å². The van der Waals surface area contributed by atoms with Gasteiger partial charge < -0.3 is 25.0 Å². The number of hydrogen-bond acceptors (Lipinski definition) is 10. The largest absolute Gasteiger partial charge is 0.471 e. The van der Waals surface area contributed by atoms with Crippen LogP contribution in [0.2, 0.25) is 0 Å². The van der Waals surface area contributed by atoms with E-state index in [9.17, 15) is 32.0 Å². The monoisotopic (exact) mass is 728 g/mol. The second-order valence-corrected chi connectivity index (χ2v) is 16.9. The number of allylic oxidation sites excluding steroid dienone is 1. The molecule has 6 rings (SSSR count). The molecule has 16 heteroatoms. The smallest absolute Gasteiger partial charge is 0.408 e. The van der Waals surface area contributed by atoms with Crippen LogP contribution in [0.3, 0.4) is 0 Å². The highest BCUT2D eigenvalue weighted by atomic mass is 32.2. The first kappa shape index (κ1) is 36.5. The number of carbonyl (C=O) groups excluding carboxylic acids is 4. The van der Waals surface area contributed by atoms with Crippen LogP contribution in [0, 0.1) is 18.7 Å². The lowest BCUT2D eigenvalue weighted by molar-refractivity contribution is -0.141. The van der Waals surface area contributed by atoms with E-state index in [1.165, 1.54) is 23.1 Å². The summed E-state index contributed by atoms with van der Waals surface area (Å²) >= 11 is 0. The second-order valence-electron chi connectivity index (χ2n) is 14.9. The molecule has 2 aliphatic carbocycles. The average molecular weight is 729 g/mol. The fraction of sp³-hybridized carbons (Fsp3) is 0.600. The van der Waals surface area contributed by atoms with Gasteiger partial charge in [-0.25, -0.2) is 27.6 Å². The van der Waals surface area contributed by atoms with Crippen molar-refractivity contribution in [1.29, 1.82) is 0 Å². The number of fused-ring (bicyclic) bond motifs is 3. The second kappa shape index (κ2) is 14.0. The van der Waals surface area contributed by atoms with Crippen molar-refractivity contribution in [2.75, 3.05) is 6.54 Å². The SMILES string of the molecule is Cc1nc2ccc(F)cc2nc1O[C@@H]1C[C@H]2C(=O)N[C@]3(C(=O)NS(=O)(=O)C4CC4)C[C@H]3C=CCCCCC[C@H](NC(=O)OC(C)(C)C)C(=O)N2C1. The molecule has 0 radical (unpaired) electrons. The highest BCUT2D eigenvalue weighted by Crippen LogP contribution is 2.46. The molecule has 1 aromatic carbocycles. The Hall–Kier alpha value is -4.34. The van der Waals surface area contributed by atoms with Gasteiger partial charge in [-0.1, -0.05) is 25.0 Å². The van der Waals surface area contributed by atoms with Crippen molar-refractivity contribution < 1.29 is 41.5 Å². The van der Waals surface area contributed by atoms with Gasteiger partial charge in [0.2, 0.25) is 27.7 Å². The van der Waals surface area contributed by atoms with Crippen LogP contribution in [0.15, 0.2) is 30.4 Å². The van der Waals surface area contributed by atoms with E-state index in [0.717, 1.165) is 12.8 Å². The highest BCUT2D eigenvalue weighted by Gasteiger charge is 2.62. The van der Waals surface area contributed by atoms with Crippen molar-refractivity contribution in [3.05, 3.63) is 41.9 Å². The Morgan fingerprint density at radius 2 is 1.84 bits per heavy atom. The molecular weight excluding hydrogens is 683 g/mol. The molecule has 2 aromatic rings. The summed E-state index contributed by atoms with van der Waals surface area (Å²) in [7, 11) is -3.90. The first-order valence-electron chi connectivity index (χ1n) is 17.5. The lowest BCUT2D eigenvalue weighted by Gasteiger charge is -2.30. The quantitative estimate of drug-likeness (QED) is 0.373. The number of ether oxygens (including phenoxy) is 2. The van der Waals surface area contributed by atoms with E-state index in [-0.39, 0.29) is 37.2 Å². The molecule has 5 atom stereocenters. The maximum Gasteiger partial charge on any atom is 0.408 e. The van der Waals surface area contributed by atoms with Crippen LogP contribution < -0.4 is 20.1 Å². The van der Waals surface area contributed by atoms with Crippen molar-refractivity contribution in [1.82, 2.24) is 30.2 Å². The van der Waals surface area contributed by atoms with Crippen molar-refractivity contribution in [3.63, 3.8) is 0 Å². The molecule has 2 aliphatic heterocycles. The van der Waals surface area contributed by atoms with Crippen LogP contribution in [-0.4, -0.2) is 88.2 Å². The average Bonchev–Trinajstić information content (AvgIpc) is 3.96. The molecule has 276 valence electrons. The number of carbonyl (C=O) groups is 4. The molecule has 51 heavy (non-hydrogen) atoms. The van der Waals surface area contributed by atoms with Gasteiger partial charge in [0, 0.05) is 18.4 Å². The Morgan fingerprint density at radius 1 is 1.08 bits per heavy atom. The lowest BCUT2D eigenvalue weighted by Crippen LogP contribution is -2.58. The molecule has 3 N–H and O–H groups in total. The number of nitrogens with one attached hydrogen (secondary N) is 3. The zero-order chi connectivity index (χ0) is 36.7. The summed E-state index contributed by atoms with van der Waals surface area (Å²) in [4.78, 5) is 65.3. The van der Waals surface area contributed by atoms with Gasteiger partial charge in [-0.05, 0) is 78.4 Å². The zero-order valence-electron chi connectivity index (χ0n) is 29.2. The number of amides is 4. The Balaban J connectivity index is 1.30. The summed E-state index contributed by atoms with van der Waals surface area (Å²) in [5.41, 5.74) is -1.20. The van der Waals surface area contributed by atoms with Gasteiger partial charge in [-0.3, -0.25) is 19.1 Å². The molecule has 4 aliphatic rings. The van der Waals surface area contributed by atoms with Gasteiger partial charge in [0.25, 0.3) is 5.91 Å². The number of nitrogens with zero attached hydrogens (tertiary/aromatic N) is 3. The number of hydrogen-bond donors (Lipinski definition) is 3. The summed E-state index contributed by atoms with van der Waals surface area (Å²) < 4.78 is 53.4. The highest BCUT2D eigenvalue weighted by molar-refractivity contribution is 7.91. The molecule has 1 saturated heterocycles. The number of halogens is 1. The predicted octanol–water partition coefficient (Wildman–Crippen LogP) is 3.32. The molecule has 3 heterocycles. The molecule has 2 saturated carbocycles. The zero-order valence-corrected chi connectivity index (χ0v) is 30.1. The third-order valence-electron chi connectivity index (χ3n) is 9.57. The molecular formula is C35H45FN6O8S. The van der Waals surface area contributed by atoms with E-state index in [2.05, 4.69) is 25.3 Å². The third kappa shape index (κ3) is 8.42. The number of aromatic nitrogens is 2. The van der Waals surface area contributed by atoms with Gasteiger partial charge in [0.05, 0.1) is 22.8 Å². The van der Waals surface area contributed by atoms with Crippen molar-refractivity contribution in [2.45, 2.75) is 120 Å². The van der Waals surface area contributed by atoms with Gasteiger partial charge in [0.15, 0.2) is 0 Å². The topological polar surface area (TPSA) is 186 Å². The maximum absolute atomic E-state index is 14.3. The van der Waals surface area contributed by atoms with Crippen LogP contribution in [0.5, 0.6) is 5.88 Å². The van der Waals surface area contributed by atoms with Gasteiger partial charge in [-0.15, -0.1) is 0 Å². The van der Waals surface area contributed by atoms with Crippen LogP contribution in [0.4, 0.5) is 9.18 Å². The summed E-state index contributed by atoms with van der Waals surface area (Å²) in [6.07, 6.45) is 6.37. The van der Waals surface area contributed by atoms with E-state index in [1.54, 1.807) is 27.7 Å². The Labute approximate surface area is 296 Å². The Bertz CT molecular complexity index is 1860. The Kier molecular flexibility index (Phi) is 10.0. The standard InChI is InChI=1S/C35H45FN6O8S/c1-20-30(38-27-16-22(36)12-15-25(27)37-20)49-23-17-28-29(43)40-35(32(45)41-51(47,48)24-13-14-24)18-21(35)10-8-6-5-7-9-11-26(31(44)42(28)19-23)39-33(46)50-34(2,3)4/h8,10,12,15-16,21,23-24,26,28H,5-7,9,11,13-14,17-19H2,1-4H3,(H,39,46)(H,40,43)(H,41,45)/t21-,23-,26+,28+,35-/m1/s1. The fourth-order valence-corrected chi connectivity index (χ4v) is 8.03. The van der Waals surface area contributed by atoms with Crippen LogP contribution in [-0.2, 0) is 29.1 Å². The number of rotatable bonds is 6. The predicted molar refractivity (Wildman–Crippen MR) is 183 cm³/mol. The van der Waals surface area contributed by atoms with Gasteiger partial charge in [0.1, 0.15) is 40.8 Å². The maximum atomic E-state index is 14.3. The Morgan fingerprint density at radius 3 is 2.57 bits per heavy atom. The van der Waals surface area contributed by atoms with Gasteiger partial charge >= 0.3 is 6.09 Å². The first-order valence-corrected chi connectivity index (χ1v) is 19.0. The van der Waals surface area contributed by atoms with E-state index < -0.39 is 80.2 Å². The lowest BCUT2D eigenvalue weighted by atomic mass is 10.0. The molecule has 14 nitrogen and oxygen atoms in total. The number of aryl methyl sites for hydroxylation is 1. The molecule has 3 fully saturated rings. The van der Waals surface area contributed by atoms with Crippen molar-refractivity contribution in [3.8, 4) is 5.88 Å².